The van der Waals surface area contributed by atoms with Crippen LogP contribution in [-0.2, 0) is 10.0 Å². The quantitative estimate of drug-likeness (QED) is 0.741. The van der Waals surface area contributed by atoms with Crippen LogP contribution >= 0.6 is 0 Å². The standard InChI is InChI=1S/C20H27N5O4S/c1-30(28,29)24-10-6-14(7-11-24)22-19-21-12-13-2-5-17(27)25(18(13)23-19)15-3-4-16(26)20(15)8-9-20/h2,5,12,14-16,26H,3-4,6-11H2,1H3,(H,21,22,23)/t15-,16-/m0/s1. The van der Waals surface area contributed by atoms with Crippen molar-refractivity contribution in [2.24, 2.45) is 5.41 Å². The number of nitrogens with one attached hydrogen (secondary N) is 1. The van der Waals surface area contributed by atoms with Crippen LogP contribution in [0, 0.1) is 5.41 Å². The van der Waals surface area contributed by atoms with Crippen molar-refractivity contribution in [3.63, 3.8) is 0 Å². The molecule has 0 radical (unpaired) electrons. The van der Waals surface area contributed by atoms with Crippen molar-refractivity contribution in [3.8, 4) is 0 Å². The SMILES string of the molecule is CS(=O)(=O)N1CCC(Nc2ncc3ccc(=O)n([C@H]4CC[C@H](O)C45CC5)c3n2)CC1. The van der Waals surface area contributed by atoms with Gasteiger partial charge in [0.2, 0.25) is 16.0 Å². The van der Waals surface area contributed by atoms with Crippen LogP contribution in [0.5, 0.6) is 0 Å². The summed E-state index contributed by atoms with van der Waals surface area (Å²) in [7, 11) is -3.16. The first-order valence-corrected chi connectivity index (χ1v) is 12.4. The molecule has 2 aliphatic carbocycles. The first-order valence-electron chi connectivity index (χ1n) is 10.6. The summed E-state index contributed by atoms with van der Waals surface area (Å²) < 4.78 is 26.7. The van der Waals surface area contributed by atoms with Gasteiger partial charge >= 0.3 is 0 Å². The molecule has 5 rings (SSSR count). The molecular weight excluding hydrogens is 406 g/mol. The molecule has 9 nitrogen and oxygen atoms in total. The van der Waals surface area contributed by atoms with Gasteiger partial charge in [-0.2, -0.15) is 4.98 Å². The van der Waals surface area contributed by atoms with Gasteiger partial charge in [0.1, 0.15) is 5.65 Å². The van der Waals surface area contributed by atoms with Crippen molar-refractivity contribution in [2.45, 2.75) is 56.7 Å². The predicted octanol–water partition coefficient (Wildman–Crippen LogP) is 1.10. The lowest BCUT2D eigenvalue weighted by atomic mass is 9.98. The molecule has 162 valence electrons. The average Bonchev–Trinajstić information content (AvgIpc) is 3.44. The van der Waals surface area contributed by atoms with Crippen LogP contribution in [0.4, 0.5) is 5.95 Å². The van der Waals surface area contributed by atoms with Gasteiger partial charge in [-0.05, 0) is 44.6 Å². The number of hydrogen-bond acceptors (Lipinski definition) is 7. The van der Waals surface area contributed by atoms with Gasteiger partial charge in [0.05, 0.1) is 12.4 Å². The molecule has 3 heterocycles. The minimum atomic E-state index is -3.16. The molecular formula is C20H27N5O4S. The first kappa shape index (κ1) is 19.9. The van der Waals surface area contributed by atoms with E-state index in [9.17, 15) is 18.3 Å². The van der Waals surface area contributed by atoms with Crippen molar-refractivity contribution in [2.75, 3.05) is 24.7 Å². The lowest BCUT2D eigenvalue weighted by Crippen LogP contribution is -2.42. The smallest absolute Gasteiger partial charge is 0.252 e. The van der Waals surface area contributed by atoms with Gasteiger partial charge in [-0.3, -0.25) is 9.36 Å². The molecule has 1 spiro atoms. The van der Waals surface area contributed by atoms with E-state index in [2.05, 4.69) is 15.3 Å². The van der Waals surface area contributed by atoms with Crippen molar-refractivity contribution in [1.29, 1.82) is 0 Å². The maximum Gasteiger partial charge on any atom is 0.252 e. The highest BCUT2D eigenvalue weighted by atomic mass is 32.2. The Morgan fingerprint density at radius 2 is 1.90 bits per heavy atom. The Labute approximate surface area is 175 Å². The Balaban J connectivity index is 1.43. The largest absolute Gasteiger partial charge is 0.392 e. The fraction of sp³-hybridized carbons (Fsp3) is 0.650. The fourth-order valence-electron chi connectivity index (χ4n) is 5.23. The maximum atomic E-state index is 12.8. The van der Waals surface area contributed by atoms with E-state index >= 15 is 0 Å². The van der Waals surface area contributed by atoms with E-state index in [1.54, 1.807) is 22.9 Å². The highest BCUT2D eigenvalue weighted by Gasteiger charge is 2.59. The van der Waals surface area contributed by atoms with Crippen LogP contribution in [-0.4, -0.2) is 63.9 Å². The molecule has 2 aromatic rings. The molecule has 0 unspecified atom stereocenters. The number of anilines is 1. The second-order valence-electron chi connectivity index (χ2n) is 8.94. The minimum absolute atomic E-state index is 0.0375. The molecule has 3 fully saturated rings. The molecule has 2 N–H and O–H groups in total. The Bertz CT molecular complexity index is 1140. The van der Waals surface area contributed by atoms with Crippen molar-refractivity contribution < 1.29 is 13.5 Å². The van der Waals surface area contributed by atoms with Gasteiger partial charge in [-0.1, -0.05) is 0 Å². The van der Waals surface area contributed by atoms with Crippen LogP contribution in [0.15, 0.2) is 23.1 Å². The molecule has 3 aliphatic rings. The first-order chi connectivity index (χ1) is 14.3. The topological polar surface area (TPSA) is 117 Å². The third kappa shape index (κ3) is 3.30. The van der Waals surface area contributed by atoms with Crippen LogP contribution in [0.1, 0.15) is 44.6 Å². The van der Waals surface area contributed by atoms with Gasteiger partial charge in [0.15, 0.2) is 0 Å². The van der Waals surface area contributed by atoms with Gasteiger partial charge in [0.25, 0.3) is 5.56 Å². The van der Waals surface area contributed by atoms with E-state index in [1.165, 1.54) is 10.6 Å². The second kappa shape index (κ2) is 7.00. The highest BCUT2D eigenvalue weighted by Crippen LogP contribution is 2.63. The highest BCUT2D eigenvalue weighted by molar-refractivity contribution is 7.88. The predicted molar refractivity (Wildman–Crippen MR) is 113 cm³/mol. The molecule has 30 heavy (non-hydrogen) atoms. The number of pyridine rings is 1. The van der Waals surface area contributed by atoms with E-state index < -0.39 is 10.0 Å². The van der Waals surface area contributed by atoms with Crippen LogP contribution in [0.3, 0.4) is 0 Å². The number of aliphatic hydroxyl groups excluding tert-OH is 1. The van der Waals surface area contributed by atoms with E-state index in [4.69, 9.17) is 0 Å². The number of fused-ring (bicyclic) bond motifs is 1. The van der Waals surface area contributed by atoms with Crippen molar-refractivity contribution >= 4 is 27.0 Å². The molecule has 1 saturated heterocycles. The number of aliphatic hydroxyl groups is 1. The van der Waals surface area contributed by atoms with Crippen LogP contribution in [0.2, 0.25) is 0 Å². The van der Waals surface area contributed by atoms with Gasteiger partial charge in [-0.25, -0.2) is 17.7 Å². The monoisotopic (exact) mass is 433 g/mol. The lowest BCUT2D eigenvalue weighted by Gasteiger charge is -2.30. The average molecular weight is 434 g/mol. The Hall–Kier alpha value is -2.04. The molecule has 1 aliphatic heterocycles. The zero-order valence-electron chi connectivity index (χ0n) is 17.0. The third-order valence-electron chi connectivity index (χ3n) is 7.10. The summed E-state index contributed by atoms with van der Waals surface area (Å²) in [5.41, 5.74) is 0.313. The summed E-state index contributed by atoms with van der Waals surface area (Å²) in [5.74, 6) is 0.447. The second-order valence-corrected chi connectivity index (χ2v) is 10.9. The molecule has 2 atom stereocenters. The molecule has 10 heteroatoms. The summed E-state index contributed by atoms with van der Waals surface area (Å²) in [6.45, 7) is 0.939. The lowest BCUT2D eigenvalue weighted by molar-refractivity contribution is 0.103. The van der Waals surface area contributed by atoms with Gasteiger partial charge < -0.3 is 10.4 Å². The van der Waals surface area contributed by atoms with E-state index in [-0.39, 0.29) is 29.2 Å². The van der Waals surface area contributed by atoms with Gasteiger partial charge in [0, 0.05) is 48.2 Å². The number of sulfonamides is 1. The molecule has 0 bridgehead atoms. The minimum Gasteiger partial charge on any atom is -0.392 e. The van der Waals surface area contributed by atoms with Crippen LogP contribution < -0.4 is 10.9 Å². The van der Waals surface area contributed by atoms with Crippen LogP contribution in [0.25, 0.3) is 11.0 Å². The normalized spacial score (nSPS) is 27.0. The third-order valence-corrected chi connectivity index (χ3v) is 8.41. The molecule has 2 aromatic heterocycles. The summed E-state index contributed by atoms with van der Waals surface area (Å²) in [5, 5.41) is 14.6. The van der Waals surface area contributed by atoms with E-state index in [0.29, 0.717) is 43.9 Å². The Kier molecular flexibility index (Phi) is 4.64. The number of hydrogen-bond donors (Lipinski definition) is 2. The van der Waals surface area contributed by atoms with Crippen molar-refractivity contribution in [3.05, 3.63) is 28.7 Å². The molecule has 0 aromatic carbocycles. The number of aromatic nitrogens is 3. The summed E-state index contributed by atoms with van der Waals surface area (Å²) in [4.78, 5) is 21.9. The number of piperidine rings is 1. The summed E-state index contributed by atoms with van der Waals surface area (Å²) in [6, 6.07) is 3.34. The molecule has 2 saturated carbocycles. The summed E-state index contributed by atoms with van der Waals surface area (Å²) >= 11 is 0. The van der Waals surface area contributed by atoms with E-state index in [0.717, 1.165) is 24.6 Å². The molecule has 0 amide bonds. The maximum absolute atomic E-state index is 12.8. The Morgan fingerprint density at radius 3 is 2.57 bits per heavy atom. The zero-order chi connectivity index (χ0) is 21.1. The summed E-state index contributed by atoms with van der Waals surface area (Å²) in [6.07, 6.45) is 7.31. The Morgan fingerprint density at radius 1 is 1.17 bits per heavy atom. The fourth-order valence-corrected chi connectivity index (χ4v) is 6.11. The zero-order valence-corrected chi connectivity index (χ0v) is 17.8. The van der Waals surface area contributed by atoms with Crippen molar-refractivity contribution in [1.82, 2.24) is 18.8 Å². The van der Waals surface area contributed by atoms with Gasteiger partial charge in [-0.15, -0.1) is 0 Å². The number of nitrogens with zero attached hydrogens (tertiary/aromatic N) is 4. The number of rotatable bonds is 4. The van der Waals surface area contributed by atoms with E-state index in [1.807, 2.05) is 0 Å².